The van der Waals surface area contributed by atoms with E-state index in [1.165, 1.54) is 6.07 Å². The molecule has 0 bridgehead atoms. The number of benzene rings is 1. The Morgan fingerprint density at radius 3 is 2.74 bits per heavy atom. The number of aromatic nitrogens is 3. The molecule has 9 heteroatoms. The van der Waals surface area contributed by atoms with Crippen LogP contribution in [-0.4, -0.2) is 95.4 Å². The number of nitrogens with one attached hydrogen (secondary N) is 2. The average molecular weight is 517 g/mol. The van der Waals surface area contributed by atoms with Crippen molar-refractivity contribution >= 4 is 17.7 Å². The minimum Gasteiger partial charge on any atom is -0.354 e. The second kappa shape index (κ2) is 11.9. The van der Waals surface area contributed by atoms with Crippen LogP contribution in [0.4, 0.5) is 10.2 Å². The van der Waals surface area contributed by atoms with Gasteiger partial charge in [0.1, 0.15) is 23.3 Å². The molecule has 0 amide bonds. The number of pyridine rings is 1. The number of piperazine rings is 1. The van der Waals surface area contributed by atoms with Gasteiger partial charge in [0.25, 0.3) is 0 Å². The number of nitrogens with zero attached hydrogens (tertiary/aromatic N) is 6. The molecule has 1 atom stereocenters. The molecule has 5 rings (SSSR count). The molecule has 38 heavy (non-hydrogen) atoms. The Labute approximate surface area is 224 Å². The van der Waals surface area contributed by atoms with Crippen LogP contribution < -0.4 is 4.90 Å². The summed E-state index contributed by atoms with van der Waals surface area (Å²) in [6.45, 7) is 6.99. The van der Waals surface area contributed by atoms with Gasteiger partial charge in [0.15, 0.2) is 0 Å². The summed E-state index contributed by atoms with van der Waals surface area (Å²) in [6.07, 6.45) is 7.27. The van der Waals surface area contributed by atoms with Gasteiger partial charge >= 0.3 is 0 Å². The molecule has 4 heterocycles. The van der Waals surface area contributed by atoms with E-state index < -0.39 is 0 Å². The Hall–Kier alpha value is -3.56. The smallest absolute Gasteiger partial charge is 0.130 e. The van der Waals surface area contributed by atoms with Gasteiger partial charge in [0.05, 0.1) is 23.6 Å². The number of aromatic amines is 1. The van der Waals surface area contributed by atoms with Crippen LogP contribution in [-0.2, 0) is 0 Å². The molecule has 0 spiro atoms. The van der Waals surface area contributed by atoms with Crippen LogP contribution in [0.1, 0.15) is 30.3 Å². The quantitative estimate of drug-likeness (QED) is 0.346. The molecule has 1 aromatic carbocycles. The lowest BCUT2D eigenvalue weighted by atomic mass is 10.0. The molecule has 200 valence electrons. The molecule has 0 saturated carbocycles. The van der Waals surface area contributed by atoms with Crippen LogP contribution in [0.3, 0.4) is 0 Å². The number of imidazole rings is 1. The molecule has 8 nitrogen and oxygen atoms in total. The van der Waals surface area contributed by atoms with E-state index in [2.05, 4.69) is 44.8 Å². The summed E-state index contributed by atoms with van der Waals surface area (Å²) < 4.78 is 13.7. The third kappa shape index (κ3) is 6.28. The molecule has 1 unspecified atom stereocenters. The Kier molecular flexibility index (Phi) is 8.14. The molecule has 2 aliphatic rings. The fraction of sp³-hybridized carbons (Fsp3) is 0.414. The van der Waals surface area contributed by atoms with Crippen LogP contribution in [0.5, 0.6) is 0 Å². The zero-order valence-electron chi connectivity index (χ0n) is 22.3. The maximum Gasteiger partial charge on any atom is 0.130 e. The number of hydrogen-bond acceptors (Lipinski definition) is 6. The van der Waals surface area contributed by atoms with Gasteiger partial charge in [0, 0.05) is 45.8 Å². The Bertz CT molecular complexity index is 1260. The lowest BCUT2D eigenvalue weighted by Crippen LogP contribution is -2.48. The van der Waals surface area contributed by atoms with Crippen molar-refractivity contribution in [2.75, 3.05) is 64.8 Å². The van der Waals surface area contributed by atoms with E-state index >= 15 is 0 Å². The van der Waals surface area contributed by atoms with Gasteiger partial charge < -0.3 is 19.7 Å². The first-order valence-electron chi connectivity index (χ1n) is 13.4. The number of hydrogen-bond donors (Lipinski definition) is 2. The Balaban J connectivity index is 1.20. The lowest BCUT2D eigenvalue weighted by molar-refractivity contribution is 0.229. The van der Waals surface area contributed by atoms with E-state index in [1.54, 1.807) is 24.4 Å². The number of halogens is 1. The minimum absolute atomic E-state index is 0.0248. The summed E-state index contributed by atoms with van der Waals surface area (Å²) >= 11 is 0. The highest BCUT2D eigenvalue weighted by Crippen LogP contribution is 2.32. The van der Waals surface area contributed by atoms with Crippen molar-refractivity contribution in [3.05, 3.63) is 71.9 Å². The van der Waals surface area contributed by atoms with Gasteiger partial charge in [-0.15, -0.1) is 0 Å². The summed E-state index contributed by atoms with van der Waals surface area (Å²) in [6, 6.07) is 12.8. The van der Waals surface area contributed by atoms with Crippen LogP contribution in [0.25, 0.3) is 17.5 Å². The summed E-state index contributed by atoms with van der Waals surface area (Å²) in [5.41, 5.74) is 2.62. The van der Waals surface area contributed by atoms with Crippen LogP contribution in [0, 0.1) is 11.2 Å². The summed E-state index contributed by atoms with van der Waals surface area (Å²) in [5.74, 6) is 1.83. The highest BCUT2D eigenvalue weighted by atomic mass is 19.1. The summed E-state index contributed by atoms with van der Waals surface area (Å²) in [5, 5.41) is 8.62. The van der Waals surface area contributed by atoms with Gasteiger partial charge in [-0.2, -0.15) is 0 Å². The van der Waals surface area contributed by atoms with E-state index in [0.29, 0.717) is 11.7 Å². The molecule has 2 saturated heterocycles. The molecule has 2 N–H and O–H groups in total. The number of rotatable bonds is 8. The third-order valence-electron chi connectivity index (χ3n) is 7.36. The molecular weight excluding hydrogens is 479 g/mol. The topological polar surface area (TPSA) is 78.4 Å². The van der Waals surface area contributed by atoms with Gasteiger partial charge in [-0.1, -0.05) is 18.2 Å². The number of likely N-dealkylation sites (tertiary alicyclic amines) is 1. The summed E-state index contributed by atoms with van der Waals surface area (Å²) in [4.78, 5) is 21.8. The van der Waals surface area contributed by atoms with Gasteiger partial charge in [-0.25, -0.2) is 14.4 Å². The van der Waals surface area contributed by atoms with Crippen molar-refractivity contribution in [3.63, 3.8) is 0 Å². The van der Waals surface area contributed by atoms with Gasteiger partial charge in [-0.05, 0) is 68.9 Å². The largest absolute Gasteiger partial charge is 0.354 e. The predicted octanol–water partition coefficient (Wildman–Crippen LogP) is 4.12. The number of amidine groups is 1. The summed E-state index contributed by atoms with van der Waals surface area (Å²) in [7, 11) is 4.23. The van der Waals surface area contributed by atoms with E-state index in [4.69, 9.17) is 10.4 Å². The Morgan fingerprint density at radius 1 is 1.13 bits per heavy atom. The first kappa shape index (κ1) is 26.1. The fourth-order valence-corrected chi connectivity index (χ4v) is 5.21. The lowest BCUT2D eigenvalue weighted by Gasteiger charge is -2.35. The predicted molar refractivity (Wildman–Crippen MR) is 151 cm³/mol. The van der Waals surface area contributed by atoms with E-state index in [1.807, 2.05) is 29.2 Å². The zero-order valence-corrected chi connectivity index (χ0v) is 22.3. The Morgan fingerprint density at radius 2 is 1.95 bits per heavy atom. The fourth-order valence-electron chi connectivity index (χ4n) is 5.21. The average Bonchev–Trinajstić information content (AvgIpc) is 3.61. The number of likely N-dealkylation sites (N-methyl/N-ethyl adjacent to an activating group) is 1. The normalized spacial score (nSPS) is 18.7. The molecule has 2 aromatic heterocycles. The van der Waals surface area contributed by atoms with Crippen LogP contribution in [0.2, 0.25) is 0 Å². The number of H-pyrrole nitrogens is 1. The van der Waals surface area contributed by atoms with Crippen molar-refractivity contribution in [3.8, 4) is 11.4 Å². The maximum atomic E-state index is 13.7. The first-order valence-corrected chi connectivity index (χ1v) is 13.4. The molecule has 0 aliphatic carbocycles. The number of anilines is 1. The molecule has 2 fully saturated rings. The second-order valence-corrected chi connectivity index (χ2v) is 10.3. The molecule has 3 aromatic rings. The zero-order chi connectivity index (χ0) is 26.5. The maximum absolute atomic E-state index is 13.7. The second-order valence-electron chi connectivity index (χ2n) is 10.3. The minimum atomic E-state index is -0.237. The van der Waals surface area contributed by atoms with Gasteiger partial charge in [-0.3, -0.25) is 10.3 Å². The molecular formula is C29H37FN8. The first-order chi connectivity index (χ1) is 18.5. The standard InChI is InChI=1S/C29H37FN8/c1-35(2)14-15-36-16-18-37(19-17-36)29-10-4-8-24(34-29)25-21-32-28(33-25)12-11-27(31)38-13-5-9-26(38)22-6-3-7-23(30)20-22/h3-4,6-8,10-12,20-21,26,31H,5,9,13-19H2,1-2H3,(H,32,33)/b12-11-,31-27?. The van der Waals surface area contributed by atoms with E-state index in [-0.39, 0.29) is 11.9 Å². The van der Waals surface area contributed by atoms with Crippen LogP contribution >= 0.6 is 0 Å². The van der Waals surface area contributed by atoms with Crippen molar-refractivity contribution < 1.29 is 4.39 Å². The monoisotopic (exact) mass is 516 g/mol. The van der Waals surface area contributed by atoms with Gasteiger partial charge in [0.2, 0.25) is 0 Å². The van der Waals surface area contributed by atoms with E-state index in [0.717, 1.165) is 81.4 Å². The highest BCUT2D eigenvalue weighted by Gasteiger charge is 2.27. The van der Waals surface area contributed by atoms with Crippen LogP contribution in [0.15, 0.2) is 54.7 Å². The molecule has 2 aliphatic heterocycles. The third-order valence-corrected chi connectivity index (χ3v) is 7.36. The van der Waals surface area contributed by atoms with Crippen molar-refractivity contribution in [2.24, 2.45) is 0 Å². The molecule has 0 radical (unpaired) electrons. The van der Waals surface area contributed by atoms with Crippen molar-refractivity contribution in [1.29, 1.82) is 5.41 Å². The van der Waals surface area contributed by atoms with Crippen molar-refractivity contribution in [2.45, 2.75) is 18.9 Å². The van der Waals surface area contributed by atoms with E-state index in [9.17, 15) is 4.39 Å². The SMILES string of the molecule is CN(C)CCN1CCN(c2cccc(-c3cnc(/C=C\C(=N)N4CCCC4c4cccc(F)c4)[nH]3)n2)CC1. The van der Waals surface area contributed by atoms with Crippen molar-refractivity contribution in [1.82, 2.24) is 29.7 Å². The highest BCUT2D eigenvalue weighted by molar-refractivity contribution is 5.94.